The van der Waals surface area contributed by atoms with Crippen LogP contribution in [0.3, 0.4) is 0 Å². The van der Waals surface area contributed by atoms with Gasteiger partial charge < -0.3 is 19.9 Å². The molecule has 5 heteroatoms. The molecule has 118 valence electrons. The average Bonchev–Trinajstić information content (AvgIpc) is 2.39. The Kier molecular flexibility index (Phi) is 6.92. The first-order chi connectivity index (χ1) is 9.42. The van der Waals surface area contributed by atoms with E-state index in [1.807, 2.05) is 20.8 Å². The van der Waals surface area contributed by atoms with E-state index in [1.165, 1.54) is 0 Å². The van der Waals surface area contributed by atoms with Gasteiger partial charge in [-0.1, -0.05) is 6.92 Å². The van der Waals surface area contributed by atoms with Crippen LogP contribution in [0.4, 0.5) is 0 Å². The number of likely N-dealkylation sites (N-methyl/N-ethyl adjacent to an activating group) is 2. The number of likely N-dealkylation sites (tertiary alicyclic amines) is 1. The van der Waals surface area contributed by atoms with Gasteiger partial charge in [-0.3, -0.25) is 4.79 Å². The van der Waals surface area contributed by atoms with Gasteiger partial charge in [0.15, 0.2) is 0 Å². The van der Waals surface area contributed by atoms with E-state index in [4.69, 9.17) is 4.74 Å². The summed E-state index contributed by atoms with van der Waals surface area (Å²) in [6.45, 7) is 9.96. The molecule has 1 unspecified atom stereocenters. The number of nitrogens with zero attached hydrogens (tertiary/aromatic N) is 2. The highest BCUT2D eigenvalue weighted by Crippen LogP contribution is 2.17. The Labute approximate surface area is 123 Å². The summed E-state index contributed by atoms with van der Waals surface area (Å²) in [7, 11) is 4.28. The van der Waals surface area contributed by atoms with Gasteiger partial charge in [0.1, 0.15) is 5.54 Å². The number of hydrogen-bond donors (Lipinski definition) is 1. The van der Waals surface area contributed by atoms with Crippen molar-refractivity contribution in [2.75, 3.05) is 46.9 Å². The molecule has 1 aliphatic rings. The Morgan fingerprint density at radius 3 is 2.50 bits per heavy atom. The summed E-state index contributed by atoms with van der Waals surface area (Å²) in [6.07, 6.45) is 2.33. The molecule has 1 fully saturated rings. The lowest BCUT2D eigenvalue weighted by atomic mass is 9.98. The molecule has 1 N–H and O–H groups in total. The standard InChI is InChI=1S/C15H31N3O2/c1-6-16-15(3,14(19)20-7-2)12-18(5)13-8-10-17(4)11-9-13/h13,16H,6-12H2,1-5H3. The zero-order valence-corrected chi connectivity index (χ0v) is 13.7. The number of hydrogen-bond acceptors (Lipinski definition) is 5. The molecule has 0 spiro atoms. The summed E-state index contributed by atoms with van der Waals surface area (Å²) in [5.74, 6) is -0.151. The second-order valence-corrected chi connectivity index (χ2v) is 6.03. The minimum atomic E-state index is -0.622. The average molecular weight is 285 g/mol. The lowest BCUT2D eigenvalue weighted by molar-refractivity contribution is -0.151. The number of carbonyl (C=O) groups is 1. The van der Waals surface area contributed by atoms with Crippen molar-refractivity contribution in [3.63, 3.8) is 0 Å². The Hall–Kier alpha value is -0.650. The Balaban J connectivity index is 2.62. The van der Waals surface area contributed by atoms with Gasteiger partial charge in [-0.15, -0.1) is 0 Å². The summed E-state index contributed by atoms with van der Waals surface area (Å²) in [5.41, 5.74) is -0.622. The zero-order valence-electron chi connectivity index (χ0n) is 13.7. The van der Waals surface area contributed by atoms with Gasteiger partial charge in [-0.25, -0.2) is 0 Å². The molecule has 5 nitrogen and oxygen atoms in total. The first-order valence-electron chi connectivity index (χ1n) is 7.74. The molecule has 20 heavy (non-hydrogen) atoms. The molecule has 1 heterocycles. The van der Waals surface area contributed by atoms with Crippen LogP contribution < -0.4 is 5.32 Å². The van der Waals surface area contributed by atoms with Gasteiger partial charge in [0.2, 0.25) is 0 Å². The van der Waals surface area contributed by atoms with E-state index in [-0.39, 0.29) is 5.97 Å². The van der Waals surface area contributed by atoms with Crippen LogP contribution in [0.25, 0.3) is 0 Å². The summed E-state index contributed by atoms with van der Waals surface area (Å²) in [6, 6.07) is 0.554. The molecule has 0 aromatic heterocycles. The maximum Gasteiger partial charge on any atom is 0.327 e. The van der Waals surface area contributed by atoms with E-state index < -0.39 is 5.54 Å². The highest BCUT2D eigenvalue weighted by molar-refractivity contribution is 5.80. The molecule has 1 saturated heterocycles. The molecule has 1 rings (SSSR count). The lowest BCUT2D eigenvalue weighted by Crippen LogP contribution is -2.59. The Morgan fingerprint density at radius 2 is 2.00 bits per heavy atom. The quantitative estimate of drug-likeness (QED) is 0.706. The normalized spacial score (nSPS) is 20.9. The highest BCUT2D eigenvalue weighted by Gasteiger charge is 2.36. The summed E-state index contributed by atoms with van der Waals surface area (Å²) in [4.78, 5) is 16.9. The van der Waals surface area contributed by atoms with Gasteiger partial charge in [-0.2, -0.15) is 0 Å². The van der Waals surface area contributed by atoms with Crippen LogP contribution in [0, 0.1) is 0 Å². The van der Waals surface area contributed by atoms with Crippen LogP contribution in [0.15, 0.2) is 0 Å². The fourth-order valence-electron chi connectivity index (χ4n) is 2.94. The molecule has 0 radical (unpaired) electrons. The third kappa shape index (κ3) is 4.72. The Morgan fingerprint density at radius 1 is 1.40 bits per heavy atom. The van der Waals surface area contributed by atoms with Crippen molar-refractivity contribution in [3.05, 3.63) is 0 Å². The van der Waals surface area contributed by atoms with Gasteiger partial charge in [-0.05, 0) is 60.4 Å². The van der Waals surface area contributed by atoms with E-state index in [0.29, 0.717) is 19.2 Å². The van der Waals surface area contributed by atoms with Crippen LogP contribution in [0.1, 0.15) is 33.6 Å². The third-order valence-electron chi connectivity index (χ3n) is 4.17. The van der Waals surface area contributed by atoms with Crippen LogP contribution in [-0.2, 0) is 9.53 Å². The van der Waals surface area contributed by atoms with Gasteiger partial charge in [0.25, 0.3) is 0 Å². The summed E-state index contributed by atoms with van der Waals surface area (Å²) >= 11 is 0. The third-order valence-corrected chi connectivity index (χ3v) is 4.17. The smallest absolute Gasteiger partial charge is 0.327 e. The molecule has 1 aliphatic heterocycles. The second-order valence-electron chi connectivity index (χ2n) is 6.03. The van der Waals surface area contributed by atoms with Gasteiger partial charge in [0, 0.05) is 12.6 Å². The number of carbonyl (C=O) groups excluding carboxylic acids is 1. The monoisotopic (exact) mass is 285 g/mol. The van der Waals surface area contributed by atoms with Crippen molar-refractivity contribution in [1.29, 1.82) is 0 Å². The number of esters is 1. The molecule has 0 amide bonds. The van der Waals surface area contributed by atoms with E-state index in [2.05, 4.69) is 29.2 Å². The van der Waals surface area contributed by atoms with Crippen LogP contribution in [0.5, 0.6) is 0 Å². The second kappa shape index (κ2) is 7.96. The lowest BCUT2D eigenvalue weighted by Gasteiger charge is -2.39. The van der Waals surface area contributed by atoms with E-state index >= 15 is 0 Å². The molecule has 1 atom stereocenters. The number of rotatable bonds is 7. The topological polar surface area (TPSA) is 44.8 Å². The van der Waals surface area contributed by atoms with Crippen molar-refractivity contribution < 1.29 is 9.53 Å². The molecule has 0 bridgehead atoms. The van der Waals surface area contributed by atoms with Crippen molar-refractivity contribution in [2.45, 2.75) is 45.2 Å². The first-order valence-corrected chi connectivity index (χ1v) is 7.74. The number of ether oxygens (including phenoxy) is 1. The van der Waals surface area contributed by atoms with Crippen molar-refractivity contribution in [2.24, 2.45) is 0 Å². The van der Waals surface area contributed by atoms with E-state index in [9.17, 15) is 4.79 Å². The van der Waals surface area contributed by atoms with Crippen molar-refractivity contribution >= 4 is 5.97 Å². The minimum Gasteiger partial charge on any atom is -0.465 e. The first kappa shape index (κ1) is 17.4. The predicted molar refractivity (Wildman–Crippen MR) is 81.9 cm³/mol. The summed E-state index contributed by atoms with van der Waals surface area (Å²) in [5, 5.41) is 3.30. The van der Waals surface area contributed by atoms with E-state index in [1.54, 1.807) is 0 Å². The van der Waals surface area contributed by atoms with Crippen molar-refractivity contribution in [1.82, 2.24) is 15.1 Å². The molecule has 0 aliphatic carbocycles. The fourth-order valence-corrected chi connectivity index (χ4v) is 2.94. The predicted octanol–water partition coefficient (Wildman–Crippen LogP) is 0.944. The molecule has 0 aromatic carbocycles. The van der Waals surface area contributed by atoms with Gasteiger partial charge >= 0.3 is 5.97 Å². The molecular weight excluding hydrogens is 254 g/mol. The van der Waals surface area contributed by atoms with Crippen LogP contribution in [0.2, 0.25) is 0 Å². The SMILES string of the molecule is CCNC(C)(CN(C)C1CCN(C)CC1)C(=O)OCC. The summed E-state index contributed by atoms with van der Waals surface area (Å²) < 4.78 is 5.23. The van der Waals surface area contributed by atoms with E-state index in [0.717, 1.165) is 32.5 Å². The van der Waals surface area contributed by atoms with Crippen molar-refractivity contribution in [3.8, 4) is 0 Å². The highest BCUT2D eigenvalue weighted by atomic mass is 16.5. The maximum absolute atomic E-state index is 12.2. The molecule has 0 saturated carbocycles. The minimum absolute atomic E-state index is 0.151. The number of nitrogens with one attached hydrogen (secondary N) is 1. The van der Waals surface area contributed by atoms with Gasteiger partial charge in [0.05, 0.1) is 6.61 Å². The largest absolute Gasteiger partial charge is 0.465 e. The van der Waals surface area contributed by atoms with Crippen LogP contribution in [-0.4, -0.2) is 74.2 Å². The zero-order chi connectivity index (χ0) is 15.2. The van der Waals surface area contributed by atoms with Crippen LogP contribution >= 0.6 is 0 Å². The number of piperidine rings is 1. The molecular formula is C15H31N3O2. The Bertz CT molecular complexity index is 303. The fraction of sp³-hybridized carbons (Fsp3) is 0.933. The molecule has 0 aromatic rings. The maximum atomic E-state index is 12.2.